The molecule has 0 saturated carbocycles. The van der Waals surface area contributed by atoms with Crippen molar-refractivity contribution >= 4 is 19.8 Å². The van der Waals surface area contributed by atoms with E-state index < -0.39 is 19.8 Å². The second-order valence-electron chi connectivity index (χ2n) is 1.07. The fourth-order valence-electron chi connectivity index (χ4n) is 0.408. The number of hydrogen-bond donors (Lipinski definition) is 0. The van der Waals surface area contributed by atoms with Crippen LogP contribution in [0.25, 0.3) is 0 Å². The molecule has 9 heavy (non-hydrogen) atoms. The van der Waals surface area contributed by atoms with Crippen molar-refractivity contribution in [1.82, 2.24) is 0 Å². The van der Waals surface area contributed by atoms with Gasteiger partial charge in [-0.2, -0.15) is 0 Å². The first-order valence-corrected chi connectivity index (χ1v) is 6.11. The van der Waals surface area contributed by atoms with Crippen molar-refractivity contribution in [2.75, 3.05) is 28.4 Å². The average molecular weight is 252 g/mol. The van der Waals surface area contributed by atoms with Crippen LogP contribution in [0.1, 0.15) is 0 Å². The van der Waals surface area contributed by atoms with Gasteiger partial charge in [-0.15, -0.1) is 0 Å². The molecule has 0 rings (SSSR count). The van der Waals surface area contributed by atoms with Gasteiger partial charge in [0.25, 0.3) is 0 Å². The molecule has 0 radical (unpaired) electrons. The van der Waals surface area contributed by atoms with Crippen molar-refractivity contribution in [1.29, 1.82) is 0 Å². The van der Waals surface area contributed by atoms with E-state index in [2.05, 4.69) is 0 Å². The predicted molar refractivity (Wildman–Crippen MR) is 33.8 cm³/mol. The molecule has 0 aromatic heterocycles. The Kier molecular flexibility index (Phi) is 4.76. The third kappa shape index (κ3) is 2.38. The Morgan fingerprint density at radius 2 is 0.889 bits per heavy atom. The van der Waals surface area contributed by atoms with Gasteiger partial charge in [-0.1, -0.05) is 0 Å². The van der Waals surface area contributed by atoms with Gasteiger partial charge in [0.1, 0.15) is 0 Å². The van der Waals surface area contributed by atoms with Crippen molar-refractivity contribution in [2.24, 2.45) is 0 Å². The monoisotopic (exact) mass is 254 g/mol. The molecule has 0 amide bonds. The van der Waals surface area contributed by atoms with Gasteiger partial charge in [-0.3, -0.25) is 0 Å². The summed E-state index contributed by atoms with van der Waals surface area (Å²) in [5, 5.41) is 0. The summed E-state index contributed by atoms with van der Waals surface area (Å²) in [4.78, 5) is 0. The summed E-state index contributed by atoms with van der Waals surface area (Å²) in [5.41, 5.74) is 0. The number of hydrogen-bond acceptors (Lipinski definition) is 4. The van der Waals surface area contributed by atoms with Crippen LogP contribution in [0, 0.1) is 0 Å². The summed E-state index contributed by atoms with van der Waals surface area (Å²) in [6.45, 7) is 0. The summed E-state index contributed by atoms with van der Waals surface area (Å²) in [6.07, 6.45) is 0. The standard InChI is InChI=1S/C4H12O4Te/c1-5-9(6-2,7-3)8-4/h1-4H3. The van der Waals surface area contributed by atoms with Gasteiger partial charge in [0.2, 0.25) is 0 Å². The zero-order chi connectivity index (χ0) is 7.33. The van der Waals surface area contributed by atoms with E-state index in [4.69, 9.17) is 12.4 Å². The molecule has 0 unspecified atom stereocenters. The minimum absolute atomic E-state index is 1.51. The average Bonchev–Trinajstić information content (AvgIpc) is 1.95. The molecule has 0 aliphatic heterocycles. The zero-order valence-electron chi connectivity index (χ0n) is 6.04. The second kappa shape index (κ2) is 4.45. The molecule has 0 aromatic carbocycles. The quantitative estimate of drug-likeness (QED) is 0.660. The van der Waals surface area contributed by atoms with Crippen molar-refractivity contribution in [3.05, 3.63) is 0 Å². The first kappa shape index (κ1) is 9.63. The van der Waals surface area contributed by atoms with E-state index in [1.807, 2.05) is 0 Å². The minimum atomic E-state index is -3.19. The molecular formula is C4H12O4Te. The Bertz CT molecular complexity index is 55.5. The Labute approximate surface area is 61.0 Å². The summed E-state index contributed by atoms with van der Waals surface area (Å²) < 4.78 is 19.6. The van der Waals surface area contributed by atoms with Gasteiger partial charge >= 0.3 is 60.7 Å². The molecule has 58 valence electrons. The number of rotatable bonds is 4. The van der Waals surface area contributed by atoms with Crippen LogP contribution in [0.5, 0.6) is 0 Å². The Morgan fingerprint density at radius 3 is 0.889 bits per heavy atom. The molecule has 0 atom stereocenters. The van der Waals surface area contributed by atoms with E-state index in [-0.39, 0.29) is 0 Å². The van der Waals surface area contributed by atoms with Gasteiger partial charge in [-0.05, 0) is 0 Å². The van der Waals surface area contributed by atoms with E-state index in [0.717, 1.165) is 0 Å². The van der Waals surface area contributed by atoms with Gasteiger partial charge in [0, 0.05) is 0 Å². The molecule has 0 aliphatic carbocycles. The molecule has 0 aliphatic rings. The van der Waals surface area contributed by atoms with Gasteiger partial charge < -0.3 is 0 Å². The molecule has 0 spiro atoms. The molecule has 0 N–H and O–H groups in total. The van der Waals surface area contributed by atoms with Crippen LogP contribution in [-0.2, 0) is 12.4 Å². The molecule has 0 aromatic rings. The maximum atomic E-state index is 4.91. The van der Waals surface area contributed by atoms with E-state index in [9.17, 15) is 0 Å². The molecular weight excluding hydrogens is 240 g/mol. The van der Waals surface area contributed by atoms with Crippen LogP contribution >= 0.6 is 0 Å². The Morgan fingerprint density at radius 1 is 0.667 bits per heavy atom. The molecule has 0 fully saturated rings. The van der Waals surface area contributed by atoms with Crippen LogP contribution in [0.15, 0.2) is 0 Å². The summed E-state index contributed by atoms with van der Waals surface area (Å²) >= 11 is -3.19. The van der Waals surface area contributed by atoms with Crippen LogP contribution in [0.2, 0.25) is 0 Å². The summed E-state index contributed by atoms with van der Waals surface area (Å²) in [7, 11) is 6.05. The zero-order valence-corrected chi connectivity index (χ0v) is 8.37. The second-order valence-corrected chi connectivity index (χ2v) is 7.21. The molecule has 0 heterocycles. The SMILES string of the molecule is CO[Te](OC)(OC)OC. The normalized spacial score (nSPS) is 13.8. The van der Waals surface area contributed by atoms with Crippen molar-refractivity contribution in [3.8, 4) is 0 Å². The third-order valence-electron chi connectivity index (χ3n) is 0.816. The predicted octanol–water partition coefficient (Wildman–Crippen LogP) is 0.00760. The Balaban J connectivity index is 3.82. The van der Waals surface area contributed by atoms with Crippen molar-refractivity contribution < 1.29 is 12.4 Å². The fraction of sp³-hybridized carbons (Fsp3) is 1.00. The first-order chi connectivity index (χ1) is 4.24. The third-order valence-corrected chi connectivity index (χ3v) is 5.48. The van der Waals surface area contributed by atoms with Crippen LogP contribution in [-0.4, -0.2) is 48.3 Å². The summed E-state index contributed by atoms with van der Waals surface area (Å²) in [6, 6.07) is 0. The Hall–Kier alpha value is 0.630. The van der Waals surface area contributed by atoms with Crippen LogP contribution in [0.4, 0.5) is 0 Å². The fourth-order valence-corrected chi connectivity index (χ4v) is 2.74. The summed E-state index contributed by atoms with van der Waals surface area (Å²) in [5.74, 6) is 0. The van der Waals surface area contributed by atoms with E-state index >= 15 is 0 Å². The molecule has 0 saturated heterocycles. The molecule has 0 bridgehead atoms. The van der Waals surface area contributed by atoms with E-state index in [1.165, 1.54) is 28.4 Å². The molecule has 4 nitrogen and oxygen atoms in total. The molecule has 5 heteroatoms. The van der Waals surface area contributed by atoms with Crippen molar-refractivity contribution in [2.45, 2.75) is 0 Å². The first-order valence-electron chi connectivity index (χ1n) is 2.30. The van der Waals surface area contributed by atoms with Gasteiger partial charge in [-0.25, -0.2) is 0 Å². The van der Waals surface area contributed by atoms with Gasteiger partial charge in [0.05, 0.1) is 0 Å². The van der Waals surface area contributed by atoms with Crippen molar-refractivity contribution in [3.63, 3.8) is 0 Å². The van der Waals surface area contributed by atoms with E-state index in [1.54, 1.807) is 0 Å². The van der Waals surface area contributed by atoms with Crippen LogP contribution < -0.4 is 0 Å². The van der Waals surface area contributed by atoms with E-state index in [0.29, 0.717) is 0 Å². The van der Waals surface area contributed by atoms with Gasteiger partial charge in [0.15, 0.2) is 0 Å². The topological polar surface area (TPSA) is 36.9 Å². The van der Waals surface area contributed by atoms with Crippen LogP contribution in [0.3, 0.4) is 0 Å². The maximum absolute atomic E-state index is 4.91.